The molecule has 0 amide bonds. The fraction of sp³-hybridized carbons (Fsp3) is 1.00. The lowest BCUT2D eigenvalue weighted by Gasteiger charge is -2.17. The second-order valence-electron chi connectivity index (χ2n) is 3.08. The predicted octanol–water partition coefficient (Wildman–Crippen LogP) is 3.69. The lowest BCUT2D eigenvalue weighted by molar-refractivity contribution is -0.00186. The minimum Gasteiger partial charge on any atom is -0.207 e. The van der Waals surface area contributed by atoms with Crippen LogP contribution < -0.4 is 0 Å². The summed E-state index contributed by atoms with van der Waals surface area (Å²) in [4.78, 5) is 0. The van der Waals surface area contributed by atoms with E-state index in [0.29, 0.717) is 5.88 Å². The molecule has 0 aromatic rings. The Morgan fingerprint density at radius 2 is 2.00 bits per heavy atom. The molecule has 0 aliphatic rings. The first-order chi connectivity index (χ1) is 4.99. The third kappa shape index (κ3) is 6.54. The van der Waals surface area contributed by atoms with Gasteiger partial charge in [0.2, 0.25) is 5.92 Å². The van der Waals surface area contributed by atoms with Crippen molar-refractivity contribution < 1.29 is 8.78 Å². The molecular formula is C8H15ClF2. The third-order valence-corrected chi connectivity index (χ3v) is 2.00. The van der Waals surface area contributed by atoms with Gasteiger partial charge in [0.15, 0.2) is 0 Å². The van der Waals surface area contributed by atoms with Crippen LogP contribution in [0.5, 0.6) is 0 Å². The van der Waals surface area contributed by atoms with Gasteiger partial charge < -0.3 is 0 Å². The molecule has 0 aromatic carbocycles. The number of alkyl halides is 3. The molecule has 3 heteroatoms. The summed E-state index contributed by atoms with van der Waals surface area (Å²) in [6.07, 6.45) is 1.64. The average molecular weight is 185 g/mol. The predicted molar refractivity (Wildman–Crippen MR) is 44.4 cm³/mol. The van der Waals surface area contributed by atoms with Crippen molar-refractivity contribution >= 4 is 11.6 Å². The zero-order valence-corrected chi connectivity index (χ0v) is 7.80. The van der Waals surface area contributed by atoms with E-state index < -0.39 is 5.92 Å². The quantitative estimate of drug-likeness (QED) is 0.572. The standard InChI is InChI=1S/C8H15ClF2/c1-3-4-7(6-9)5-8(2,10)11/h7H,3-6H2,1-2H3. The molecule has 0 rings (SSSR count). The molecule has 0 aliphatic carbocycles. The van der Waals surface area contributed by atoms with Gasteiger partial charge in [-0.3, -0.25) is 0 Å². The molecule has 0 aromatic heterocycles. The van der Waals surface area contributed by atoms with Crippen LogP contribution in [0.1, 0.15) is 33.1 Å². The fourth-order valence-corrected chi connectivity index (χ4v) is 1.41. The smallest absolute Gasteiger partial charge is 0.207 e. The van der Waals surface area contributed by atoms with Crippen molar-refractivity contribution in [1.29, 1.82) is 0 Å². The summed E-state index contributed by atoms with van der Waals surface area (Å²) >= 11 is 5.52. The average Bonchev–Trinajstić information content (AvgIpc) is 1.84. The van der Waals surface area contributed by atoms with Crippen molar-refractivity contribution in [1.82, 2.24) is 0 Å². The Morgan fingerprint density at radius 1 is 1.45 bits per heavy atom. The lowest BCUT2D eigenvalue weighted by Crippen LogP contribution is -2.17. The maximum Gasteiger partial charge on any atom is 0.245 e. The van der Waals surface area contributed by atoms with Crippen LogP contribution in [0.4, 0.5) is 8.78 Å². The topological polar surface area (TPSA) is 0 Å². The molecule has 0 aliphatic heterocycles. The fourth-order valence-electron chi connectivity index (χ4n) is 1.15. The highest BCUT2D eigenvalue weighted by Gasteiger charge is 2.25. The van der Waals surface area contributed by atoms with Crippen molar-refractivity contribution in [2.24, 2.45) is 5.92 Å². The van der Waals surface area contributed by atoms with Gasteiger partial charge in [-0.1, -0.05) is 13.3 Å². The Hall–Kier alpha value is 0.150. The Balaban J connectivity index is 3.68. The maximum absolute atomic E-state index is 12.4. The summed E-state index contributed by atoms with van der Waals surface area (Å²) < 4.78 is 24.8. The van der Waals surface area contributed by atoms with E-state index in [1.165, 1.54) is 0 Å². The van der Waals surface area contributed by atoms with Crippen molar-refractivity contribution in [3.05, 3.63) is 0 Å². The molecule has 0 fully saturated rings. The molecule has 0 saturated heterocycles. The van der Waals surface area contributed by atoms with E-state index in [4.69, 9.17) is 11.6 Å². The van der Waals surface area contributed by atoms with Gasteiger partial charge in [0.1, 0.15) is 0 Å². The summed E-state index contributed by atoms with van der Waals surface area (Å²) in [6.45, 7) is 2.93. The Bertz CT molecular complexity index is 98.8. The van der Waals surface area contributed by atoms with Crippen LogP contribution >= 0.6 is 11.6 Å². The molecule has 1 atom stereocenters. The first-order valence-electron chi connectivity index (χ1n) is 3.93. The zero-order valence-electron chi connectivity index (χ0n) is 7.04. The van der Waals surface area contributed by atoms with E-state index in [1.807, 2.05) is 6.92 Å². The van der Waals surface area contributed by atoms with Crippen molar-refractivity contribution in [2.45, 2.75) is 39.0 Å². The number of halogens is 3. The normalized spacial score (nSPS) is 15.0. The van der Waals surface area contributed by atoms with Gasteiger partial charge in [-0.15, -0.1) is 11.6 Å². The van der Waals surface area contributed by atoms with Crippen LogP contribution in [0, 0.1) is 5.92 Å². The molecule has 0 heterocycles. The van der Waals surface area contributed by atoms with Crippen LogP contribution in [0.15, 0.2) is 0 Å². The summed E-state index contributed by atoms with van der Waals surface area (Å²) in [5.41, 5.74) is 0. The van der Waals surface area contributed by atoms with E-state index in [9.17, 15) is 8.78 Å². The highest BCUT2D eigenvalue weighted by atomic mass is 35.5. The Morgan fingerprint density at radius 3 is 2.27 bits per heavy atom. The van der Waals surface area contributed by atoms with Crippen LogP contribution in [0.2, 0.25) is 0 Å². The van der Waals surface area contributed by atoms with E-state index >= 15 is 0 Å². The molecule has 0 spiro atoms. The van der Waals surface area contributed by atoms with Crippen molar-refractivity contribution in [2.75, 3.05) is 5.88 Å². The minimum atomic E-state index is -2.56. The van der Waals surface area contributed by atoms with Gasteiger partial charge in [0.25, 0.3) is 0 Å². The van der Waals surface area contributed by atoms with Gasteiger partial charge in [0.05, 0.1) is 0 Å². The summed E-state index contributed by atoms with van der Waals surface area (Å²) in [5, 5.41) is 0. The maximum atomic E-state index is 12.4. The molecule has 1 unspecified atom stereocenters. The molecule has 0 saturated carbocycles. The van der Waals surface area contributed by atoms with E-state index in [1.54, 1.807) is 0 Å². The Kier molecular flexibility index (Phi) is 4.98. The van der Waals surface area contributed by atoms with Crippen LogP contribution in [-0.2, 0) is 0 Å². The first kappa shape index (κ1) is 11.2. The molecule has 11 heavy (non-hydrogen) atoms. The third-order valence-electron chi connectivity index (χ3n) is 1.56. The highest BCUT2D eigenvalue weighted by Crippen LogP contribution is 2.25. The van der Waals surface area contributed by atoms with E-state index in [2.05, 4.69) is 0 Å². The molecular weight excluding hydrogens is 170 g/mol. The first-order valence-corrected chi connectivity index (χ1v) is 4.47. The van der Waals surface area contributed by atoms with E-state index in [-0.39, 0.29) is 12.3 Å². The van der Waals surface area contributed by atoms with Crippen LogP contribution in [0.25, 0.3) is 0 Å². The van der Waals surface area contributed by atoms with Gasteiger partial charge >= 0.3 is 0 Å². The molecule has 0 radical (unpaired) electrons. The van der Waals surface area contributed by atoms with Gasteiger partial charge in [-0.25, -0.2) is 8.78 Å². The number of rotatable bonds is 5. The largest absolute Gasteiger partial charge is 0.245 e. The number of hydrogen-bond donors (Lipinski definition) is 0. The second-order valence-corrected chi connectivity index (χ2v) is 3.39. The minimum absolute atomic E-state index is 0.0262. The lowest BCUT2D eigenvalue weighted by atomic mass is 9.99. The molecule has 0 bridgehead atoms. The van der Waals surface area contributed by atoms with Gasteiger partial charge in [-0.05, 0) is 19.3 Å². The monoisotopic (exact) mass is 184 g/mol. The summed E-state index contributed by atoms with van der Waals surface area (Å²) in [7, 11) is 0. The zero-order chi connectivity index (χ0) is 8.91. The van der Waals surface area contributed by atoms with Gasteiger partial charge in [0, 0.05) is 12.3 Å². The second kappa shape index (κ2) is 4.91. The summed E-state index contributed by atoms with van der Waals surface area (Å²) in [5.74, 6) is -2.24. The molecule has 0 N–H and O–H groups in total. The van der Waals surface area contributed by atoms with Crippen LogP contribution in [0.3, 0.4) is 0 Å². The SMILES string of the molecule is CCCC(CCl)CC(C)(F)F. The van der Waals surface area contributed by atoms with Crippen LogP contribution in [-0.4, -0.2) is 11.8 Å². The highest BCUT2D eigenvalue weighted by molar-refractivity contribution is 6.18. The molecule has 68 valence electrons. The Labute approximate surface area is 71.9 Å². The van der Waals surface area contributed by atoms with Crippen molar-refractivity contribution in [3.8, 4) is 0 Å². The summed E-state index contributed by atoms with van der Waals surface area (Å²) in [6, 6.07) is 0. The number of hydrogen-bond acceptors (Lipinski definition) is 0. The van der Waals surface area contributed by atoms with E-state index in [0.717, 1.165) is 19.8 Å². The molecule has 0 nitrogen and oxygen atoms in total. The van der Waals surface area contributed by atoms with Gasteiger partial charge in [-0.2, -0.15) is 0 Å². The van der Waals surface area contributed by atoms with Crippen molar-refractivity contribution in [3.63, 3.8) is 0 Å².